The van der Waals surface area contributed by atoms with Gasteiger partial charge in [-0.1, -0.05) is 13.0 Å². The molecule has 0 radical (unpaired) electrons. The highest BCUT2D eigenvalue weighted by Gasteiger charge is 2.01. The molecule has 3 nitrogen and oxygen atoms in total. The first-order valence-electron chi connectivity index (χ1n) is 4.99. The topological polar surface area (TPSA) is 43.8 Å². The van der Waals surface area contributed by atoms with E-state index < -0.39 is 0 Å². The van der Waals surface area contributed by atoms with Crippen molar-refractivity contribution in [1.29, 1.82) is 0 Å². The number of hydrogen-bond acceptors (Lipinski definition) is 2. The highest BCUT2D eigenvalue weighted by Crippen LogP contribution is 2.15. The third-order valence-electron chi connectivity index (χ3n) is 2.39. The quantitative estimate of drug-likeness (QED) is 0.801. The van der Waals surface area contributed by atoms with Crippen LogP contribution in [0, 0.1) is 0 Å². The summed E-state index contributed by atoms with van der Waals surface area (Å²) >= 11 is 0. The van der Waals surface area contributed by atoms with Gasteiger partial charge in [-0.15, -0.1) is 0 Å². The molecule has 2 aromatic rings. The maximum Gasteiger partial charge on any atom is 0.0958 e. The van der Waals surface area contributed by atoms with E-state index in [0.717, 1.165) is 24.0 Å². The standard InChI is InChI=1S/C11H15N3/c1-2-5-14-8-13-10-4-3-9(7-12)6-11(10)14/h3-4,6,8H,2,5,7,12H2,1H3. The number of hydrogen-bond donors (Lipinski definition) is 1. The van der Waals surface area contributed by atoms with Gasteiger partial charge in [0.05, 0.1) is 17.4 Å². The lowest BCUT2D eigenvalue weighted by Crippen LogP contribution is -1.98. The minimum absolute atomic E-state index is 0.591. The molecular weight excluding hydrogens is 174 g/mol. The Bertz CT molecular complexity index is 431. The second-order valence-electron chi connectivity index (χ2n) is 3.47. The minimum atomic E-state index is 0.591. The number of imidazole rings is 1. The monoisotopic (exact) mass is 189 g/mol. The van der Waals surface area contributed by atoms with E-state index in [0.29, 0.717) is 6.54 Å². The molecule has 0 fully saturated rings. The number of fused-ring (bicyclic) bond motifs is 1. The molecule has 0 saturated carbocycles. The largest absolute Gasteiger partial charge is 0.331 e. The van der Waals surface area contributed by atoms with Crippen LogP contribution >= 0.6 is 0 Å². The Hall–Kier alpha value is -1.35. The number of benzene rings is 1. The van der Waals surface area contributed by atoms with Crippen molar-refractivity contribution in [3.8, 4) is 0 Å². The van der Waals surface area contributed by atoms with E-state index >= 15 is 0 Å². The van der Waals surface area contributed by atoms with Crippen molar-refractivity contribution in [1.82, 2.24) is 9.55 Å². The molecule has 2 rings (SSSR count). The Balaban J connectivity index is 2.52. The van der Waals surface area contributed by atoms with E-state index in [4.69, 9.17) is 5.73 Å². The average Bonchev–Trinajstić information content (AvgIpc) is 2.61. The first-order chi connectivity index (χ1) is 6.85. The molecule has 14 heavy (non-hydrogen) atoms. The maximum absolute atomic E-state index is 5.60. The fourth-order valence-electron chi connectivity index (χ4n) is 1.65. The van der Waals surface area contributed by atoms with E-state index in [2.05, 4.69) is 22.5 Å². The SMILES string of the molecule is CCCn1cnc2ccc(CN)cc21. The van der Waals surface area contributed by atoms with E-state index in [1.807, 2.05) is 18.5 Å². The third kappa shape index (κ3) is 1.51. The Morgan fingerprint density at radius 3 is 3.00 bits per heavy atom. The molecule has 3 heteroatoms. The summed E-state index contributed by atoms with van der Waals surface area (Å²) in [5.41, 5.74) is 9.01. The van der Waals surface area contributed by atoms with Crippen LogP contribution in [0.25, 0.3) is 11.0 Å². The first-order valence-corrected chi connectivity index (χ1v) is 4.99. The van der Waals surface area contributed by atoms with Crippen LogP contribution in [0.15, 0.2) is 24.5 Å². The summed E-state index contributed by atoms with van der Waals surface area (Å²) in [5.74, 6) is 0. The molecule has 1 heterocycles. The molecule has 2 N–H and O–H groups in total. The van der Waals surface area contributed by atoms with Crippen LogP contribution in [-0.4, -0.2) is 9.55 Å². The van der Waals surface area contributed by atoms with E-state index in [9.17, 15) is 0 Å². The second-order valence-corrected chi connectivity index (χ2v) is 3.47. The van der Waals surface area contributed by atoms with Crippen molar-refractivity contribution < 1.29 is 0 Å². The fourth-order valence-corrected chi connectivity index (χ4v) is 1.65. The lowest BCUT2D eigenvalue weighted by Gasteiger charge is -2.02. The molecule has 0 atom stereocenters. The number of aromatic nitrogens is 2. The number of rotatable bonds is 3. The smallest absolute Gasteiger partial charge is 0.0958 e. The summed E-state index contributed by atoms with van der Waals surface area (Å²) in [6.07, 6.45) is 3.02. The van der Waals surface area contributed by atoms with Gasteiger partial charge in [0, 0.05) is 13.1 Å². The Morgan fingerprint density at radius 1 is 1.43 bits per heavy atom. The van der Waals surface area contributed by atoms with Crippen LogP contribution in [0.4, 0.5) is 0 Å². The predicted molar refractivity (Wildman–Crippen MR) is 57.9 cm³/mol. The molecule has 0 aliphatic rings. The number of nitrogens with zero attached hydrogens (tertiary/aromatic N) is 2. The zero-order valence-electron chi connectivity index (χ0n) is 8.40. The first kappa shape index (κ1) is 9.21. The maximum atomic E-state index is 5.60. The predicted octanol–water partition coefficient (Wildman–Crippen LogP) is 1.91. The molecule has 0 spiro atoms. The van der Waals surface area contributed by atoms with Crippen molar-refractivity contribution in [3.63, 3.8) is 0 Å². The summed E-state index contributed by atoms with van der Waals surface area (Å²) in [4.78, 5) is 4.33. The van der Waals surface area contributed by atoms with Crippen LogP contribution in [0.2, 0.25) is 0 Å². The van der Waals surface area contributed by atoms with E-state index in [1.54, 1.807) is 0 Å². The summed E-state index contributed by atoms with van der Waals surface area (Å²) in [6.45, 7) is 3.77. The molecule has 0 aliphatic heterocycles. The molecule has 74 valence electrons. The van der Waals surface area contributed by atoms with Crippen LogP contribution in [-0.2, 0) is 13.1 Å². The zero-order chi connectivity index (χ0) is 9.97. The van der Waals surface area contributed by atoms with Crippen LogP contribution in [0.1, 0.15) is 18.9 Å². The molecule has 0 aliphatic carbocycles. The van der Waals surface area contributed by atoms with Gasteiger partial charge in [-0.2, -0.15) is 0 Å². The van der Waals surface area contributed by atoms with Crippen molar-refractivity contribution in [2.45, 2.75) is 26.4 Å². The summed E-state index contributed by atoms with van der Waals surface area (Å²) in [6, 6.07) is 6.19. The van der Waals surface area contributed by atoms with Gasteiger partial charge in [-0.3, -0.25) is 0 Å². The number of aryl methyl sites for hydroxylation is 1. The van der Waals surface area contributed by atoms with Gasteiger partial charge < -0.3 is 10.3 Å². The van der Waals surface area contributed by atoms with E-state index in [-0.39, 0.29) is 0 Å². The second kappa shape index (κ2) is 3.80. The van der Waals surface area contributed by atoms with Crippen LogP contribution < -0.4 is 5.73 Å². The van der Waals surface area contributed by atoms with Gasteiger partial charge in [0.1, 0.15) is 0 Å². The molecule has 1 aromatic heterocycles. The normalized spacial score (nSPS) is 11.0. The van der Waals surface area contributed by atoms with Gasteiger partial charge in [-0.05, 0) is 24.1 Å². The molecular formula is C11H15N3. The van der Waals surface area contributed by atoms with Crippen LogP contribution in [0.5, 0.6) is 0 Å². The summed E-state index contributed by atoms with van der Waals surface area (Å²) in [5, 5.41) is 0. The number of nitrogens with two attached hydrogens (primary N) is 1. The molecule has 0 amide bonds. The zero-order valence-corrected chi connectivity index (χ0v) is 8.40. The lowest BCUT2D eigenvalue weighted by atomic mass is 10.2. The molecule has 1 aromatic carbocycles. The highest BCUT2D eigenvalue weighted by atomic mass is 15.0. The van der Waals surface area contributed by atoms with E-state index in [1.165, 1.54) is 5.52 Å². The summed E-state index contributed by atoms with van der Waals surface area (Å²) in [7, 11) is 0. The van der Waals surface area contributed by atoms with Crippen molar-refractivity contribution >= 4 is 11.0 Å². The molecule has 0 saturated heterocycles. The summed E-state index contributed by atoms with van der Waals surface area (Å²) < 4.78 is 2.18. The van der Waals surface area contributed by atoms with Crippen LogP contribution in [0.3, 0.4) is 0 Å². The van der Waals surface area contributed by atoms with Gasteiger partial charge in [0.2, 0.25) is 0 Å². The van der Waals surface area contributed by atoms with Crippen molar-refractivity contribution in [2.75, 3.05) is 0 Å². The van der Waals surface area contributed by atoms with Crippen molar-refractivity contribution in [3.05, 3.63) is 30.1 Å². The fraction of sp³-hybridized carbons (Fsp3) is 0.364. The molecule has 0 bridgehead atoms. The Morgan fingerprint density at radius 2 is 2.29 bits per heavy atom. The minimum Gasteiger partial charge on any atom is -0.331 e. The van der Waals surface area contributed by atoms with Gasteiger partial charge in [0.15, 0.2) is 0 Å². The molecule has 0 unspecified atom stereocenters. The van der Waals surface area contributed by atoms with Gasteiger partial charge in [-0.25, -0.2) is 4.98 Å². The average molecular weight is 189 g/mol. The van der Waals surface area contributed by atoms with Gasteiger partial charge >= 0.3 is 0 Å². The Kier molecular flexibility index (Phi) is 2.50. The highest BCUT2D eigenvalue weighted by molar-refractivity contribution is 5.76. The Labute approximate surface area is 83.6 Å². The third-order valence-corrected chi connectivity index (χ3v) is 2.39. The van der Waals surface area contributed by atoms with Crippen molar-refractivity contribution in [2.24, 2.45) is 5.73 Å². The van der Waals surface area contributed by atoms with Gasteiger partial charge in [0.25, 0.3) is 0 Å². The lowest BCUT2D eigenvalue weighted by molar-refractivity contribution is 0.697.